The van der Waals surface area contributed by atoms with Crippen molar-refractivity contribution >= 4 is 5.78 Å². The molecule has 1 atom stereocenters. The maximum absolute atomic E-state index is 11.2. The fraction of sp³-hybridized carbons (Fsp3) is 0.900. The minimum Gasteiger partial charge on any atom is -0.308 e. The van der Waals surface area contributed by atoms with Crippen molar-refractivity contribution in [3.63, 3.8) is 0 Å². The number of hydrogen-bond acceptors (Lipinski definition) is 2. The number of rotatable bonds is 6. The molecule has 0 saturated carbocycles. The van der Waals surface area contributed by atoms with E-state index in [1.165, 1.54) is 12.8 Å². The van der Waals surface area contributed by atoms with Gasteiger partial charge in [-0.05, 0) is 27.3 Å². The van der Waals surface area contributed by atoms with Gasteiger partial charge in [-0.1, -0.05) is 26.2 Å². The van der Waals surface area contributed by atoms with Gasteiger partial charge in [-0.2, -0.15) is 0 Å². The number of likely N-dealkylation sites (N-methyl/N-ethyl adjacent to an activating group) is 1. The minimum absolute atomic E-state index is 0.237. The van der Waals surface area contributed by atoms with Crippen LogP contribution in [0.2, 0.25) is 0 Å². The predicted molar refractivity (Wildman–Crippen MR) is 52.3 cm³/mol. The number of ketones is 1. The van der Waals surface area contributed by atoms with Crippen molar-refractivity contribution in [3.05, 3.63) is 0 Å². The van der Waals surface area contributed by atoms with Gasteiger partial charge in [-0.3, -0.25) is 4.79 Å². The zero-order chi connectivity index (χ0) is 9.61. The fourth-order valence-corrected chi connectivity index (χ4v) is 1.21. The van der Waals surface area contributed by atoms with Crippen molar-refractivity contribution in [1.82, 2.24) is 5.32 Å². The van der Waals surface area contributed by atoms with Gasteiger partial charge in [-0.15, -0.1) is 0 Å². The third-order valence-corrected chi connectivity index (χ3v) is 2.61. The zero-order valence-corrected chi connectivity index (χ0v) is 8.74. The summed E-state index contributed by atoms with van der Waals surface area (Å²) in [5, 5.41) is 3.09. The van der Waals surface area contributed by atoms with Gasteiger partial charge < -0.3 is 5.32 Å². The Bertz CT molecular complexity index is 145. The summed E-state index contributed by atoms with van der Waals surface area (Å²) in [6.07, 6.45) is 4.50. The molecule has 0 bridgehead atoms. The summed E-state index contributed by atoms with van der Waals surface area (Å²) in [6.45, 7) is 5.80. The molecule has 0 fully saturated rings. The van der Waals surface area contributed by atoms with E-state index in [4.69, 9.17) is 0 Å². The van der Waals surface area contributed by atoms with Crippen molar-refractivity contribution < 1.29 is 4.79 Å². The Morgan fingerprint density at radius 3 is 2.33 bits per heavy atom. The topological polar surface area (TPSA) is 29.1 Å². The highest BCUT2D eigenvalue weighted by atomic mass is 16.1. The molecule has 0 radical (unpaired) electrons. The molecular formula is C10H21NO. The van der Waals surface area contributed by atoms with Crippen LogP contribution < -0.4 is 5.32 Å². The van der Waals surface area contributed by atoms with Crippen LogP contribution in [0.3, 0.4) is 0 Å². The van der Waals surface area contributed by atoms with E-state index in [1.807, 2.05) is 14.0 Å². The van der Waals surface area contributed by atoms with Crippen LogP contribution in [0.4, 0.5) is 0 Å². The first-order chi connectivity index (χ1) is 5.56. The van der Waals surface area contributed by atoms with Gasteiger partial charge in [0.2, 0.25) is 0 Å². The minimum atomic E-state index is -0.296. The monoisotopic (exact) mass is 171 g/mol. The Hall–Kier alpha value is -0.370. The molecule has 0 aromatic rings. The first-order valence-corrected chi connectivity index (χ1v) is 4.76. The quantitative estimate of drug-likeness (QED) is 0.620. The van der Waals surface area contributed by atoms with E-state index < -0.39 is 0 Å². The van der Waals surface area contributed by atoms with E-state index in [1.54, 1.807) is 6.92 Å². The molecule has 0 rings (SSSR count). The molecule has 2 nitrogen and oxygen atoms in total. The lowest BCUT2D eigenvalue weighted by Crippen LogP contribution is -2.46. The number of unbranched alkanes of at least 4 members (excludes halogenated alkanes) is 2. The maximum Gasteiger partial charge on any atom is 0.149 e. The molecule has 0 spiro atoms. The molecule has 2 heteroatoms. The number of nitrogens with one attached hydrogen (secondary N) is 1. The first-order valence-electron chi connectivity index (χ1n) is 4.76. The van der Waals surface area contributed by atoms with E-state index in [0.717, 1.165) is 12.8 Å². The van der Waals surface area contributed by atoms with Gasteiger partial charge in [0.05, 0.1) is 5.54 Å². The third-order valence-electron chi connectivity index (χ3n) is 2.61. The molecule has 0 aliphatic rings. The first kappa shape index (κ1) is 11.6. The van der Waals surface area contributed by atoms with Crippen molar-refractivity contribution in [2.45, 2.75) is 52.0 Å². The summed E-state index contributed by atoms with van der Waals surface area (Å²) in [7, 11) is 1.85. The lowest BCUT2D eigenvalue weighted by atomic mass is 9.91. The van der Waals surface area contributed by atoms with Crippen LogP contribution in [0.25, 0.3) is 0 Å². The molecule has 1 unspecified atom stereocenters. The Kier molecular flexibility index (Phi) is 5.14. The van der Waals surface area contributed by atoms with E-state index >= 15 is 0 Å². The van der Waals surface area contributed by atoms with Gasteiger partial charge in [0, 0.05) is 0 Å². The molecule has 0 aromatic heterocycles. The van der Waals surface area contributed by atoms with Gasteiger partial charge in [0.25, 0.3) is 0 Å². The van der Waals surface area contributed by atoms with Crippen LogP contribution in [-0.2, 0) is 4.79 Å². The Morgan fingerprint density at radius 1 is 1.42 bits per heavy atom. The fourth-order valence-electron chi connectivity index (χ4n) is 1.21. The average Bonchev–Trinajstić information content (AvgIpc) is 2.04. The van der Waals surface area contributed by atoms with Crippen LogP contribution in [0.5, 0.6) is 0 Å². The number of Topliss-reactive ketones (excluding diaryl/α,β-unsaturated/α-hetero) is 1. The SMILES string of the molecule is CCCCCC(C)(NC)C(C)=O. The van der Waals surface area contributed by atoms with E-state index in [2.05, 4.69) is 12.2 Å². The van der Waals surface area contributed by atoms with Crippen LogP contribution in [0.15, 0.2) is 0 Å². The molecule has 12 heavy (non-hydrogen) atoms. The van der Waals surface area contributed by atoms with Gasteiger partial charge in [0.15, 0.2) is 0 Å². The zero-order valence-electron chi connectivity index (χ0n) is 8.74. The highest BCUT2D eigenvalue weighted by Gasteiger charge is 2.26. The van der Waals surface area contributed by atoms with E-state index in [-0.39, 0.29) is 11.3 Å². The second-order valence-corrected chi connectivity index (χ2v) is 3.60. The molecule has 1 N–H and O–H groups in total. The lowest BCUT2D eigenvalue weighted by molar-refractivity contribution is -0.122. The number of carbonyl (C=O) groups is 1. The summed E-state index contributed by atoms with van der Waals surface area (Å²) in [5.74, 6) is 0.237. The summed E-state index contributed by atoms with van der Waals surface area (Å²) >= 11 is 0. The highest BCUT2D eigenvalue weighted by molar-refractivity contribution is 5.85. The van der Waals surface area contributed by atoms with Crippen molar-refractivity contribution in [2.24, 2.45) is 0 Å². The van der Waals surface area contributed by atoms with Crippen molar-refractivity contribution in [3.8, 4) is 0 Å². The normalized spacial score (nSPS) is 15.7. The smallest absolute Gasteiger partial charge is 0.149 e. The van der Waals surface area contributed by atoms with Crippen molar-refractivity contribution in [1.29, 1.82) is 0 Å². The Labute approximate surface area is 75.7 Å². The van der Waals surface area contributed by atoms with Gasteiger partial charge in [0.1, 0.15) is 5.78 Å². The van der Waals surface area contributed by atoms with E-state index in [9.17, 15) is 4.79 Å². The molecule has 72 valence electrons. The van der Waals surface area contributed by atoms with Crippen LogP contribution in [0.1, 0.15) is 46.5 Å². The largest absolute Gasteiger partial charge is 0.308 e. The standard InChI is InChI=1S/C10H21NO/c1-5-6-7-8-10(3,11-4)9(2)12/h11H,5-8H2,1-4H3. The summed E-state index contributed by atoms with van der Waals surface area (Å²) < 4.78 is 0. The van der Waals surface area contributed by atoms with Crippen LogP contribution in [-0.4, -0.2) is 18.4 Å². The van der Waals surface area contributed by atoms with E-state index in [0.29, 0.717) is 0 Å². The maximum atomic E-state index is 11.2. The third kappa shape index (κ3) is 3.35. The molecule has 0 aliphatic heterocycles. The van der Waals surface area contributed by atoms with Gasteiger partial charge in [-0.25, -0.2) is 0 Å². The summed E-state index contributed by atoms with van der Waals surface area (Å²) in [5.41, 5.74) is -0.296. The Balaban J connectivity index is 3.88. The Morgan fingerprint density at radius 2 is 2.00 bits per heavy atom. The van der Waals surface area contributed by atoms with Crippen LogP contribution >= 0.6 is 0 Å². The lowest BCUT2D eigenvalue weighted by Gasteiger charge is -2.25. The van der Waals surface area contributed by atoms with Gasteiger partial charge >= 0.3 is 0 Å². The number of carbonyl (C=O) groups excluding carboxylic acids is 1. The summed E-state index contributed by atoms with van der Waals surface area (Å²) in [4.78, 5) is 11.2. The predicted octanol–water partition coefficient (Wildman–Crippen LogP) is 2.13. The second-order valence-electron chi connectivity index (χ2n) is 3.60. The molecule has 0 aromatic carbocycles. The molecule has 0 amide bonds. The molecule has 0 aliphatic carbocycles. The van der Waals surface area contributed by atoms with Crippen LogP contribution in [0, 0.1) is 0 Å². The molecule has 0 heterocycles. The van der Waals surface area contributed by atoms with Crippen molar-refractivity contribution in [2.75, 3.05) is 7.05 Å². The molecular weight excluding hydrogens is 150 g/mol. The highest BCUT2D eigenvalue weighted by Crippen LogP contribution is 2.15. The number of hydrogen-bond donors (Lipinski definition) is 1. The average molecular weight is 171 g/mol. The second kappa shape index (κ2) is 5.31. The molecule has 0 saturated heterocycles. The summed E-state index contributed by atoms with van der Waals surface area (Å²) in [6, 6.07) is 0.